The van der Waals surface area contributed by atoms with Gasteiger partial charge in [0.25, 0.3) is 0 Å². The smallest absolute Gasteiger partial charge is 0.0700 e. The van der Waals surface area contributed by atoms with Crippen LogP contribution in [-0.2, 0) is 24.4 Å². The van der Waals surface area contributed by atoms with Crippen LogP contribution >= 0.6 is 0 Å². The molecule has 1 aliphatic carbocycles. The monoisotopic (exact) mass is 478 g/mol. The minimum Gasteiger partial charge on any atom is -0.382 e. The van der Waals surface area contributed by atoms with Crippen molar-refractivity contribution in [1.82, 2.24) is 0 Å². The Bertz CT molecular complexity index is 896. The second-order valence-electron chi connectivity index (χ2n) is 9.11. The van der Waals surface area contributed by atoms with E-state index in [2.05, 4.69) is 74.5 Å². The van der Waals surface area contributed by atoms with Crippen molar-refractivity contribution in [2.24, 2.45) is 0 Å². The maximum Gasteiger partial charge on any atom is 0.0700 e. The van der Waals surface area contributed by atoms with E-state index in [1.54, 1.807) is 14.2 Å². The third kappa shape index (κ3) is 6.92. The molecule has 0 spiro atoms. The number of hydrogen-bond donors (Lipinski definition) is 0. The molecule has 0 unspecified atom stereocenters. The van der Waals surface area contributed by atoms with Crippen LogP contribution in [0.4, 0.5) is 0 Å². The summed E-state index contributed by atoms with van der Waals surface area (Å²) in [5.41, 5.74) is 8.05. The van der Waals surface area contributed by atoms with E-state index in [1.807, 2.05) is 0 Å². The third-order valence-electron chi connectivity index (χ3n) is 6.77. The molecule has 35 heavy (non-hydrogen) atoms. The second-order valence-corrected chi connectivity index (χ2v) is 9.11. The van der Waals surface area contributed by atoms with Gasteiger partial charge in [0.2, 0.25) is 0 Å². The fourth-order valence-electron chi connectivity index (χ4n) is 5.23. The van der Waals surface area contributed by atoms with Crippen molar-refractivity contribution in [3.63, 3.8) is 0 Å². The Morgan fingerprint density at radius 1 is 0.629 bits per heavy atom. The van der Waals surface area contributed by atoms with E-state index in [-0.39, 0.29) is 5.41 Å². The molecule has 0 bridgehead atoms. The first-order valence-corrected chi connectivity index (χ1v) is 12.9. The Hall–Kier alpha value is -2.24. The SMILES string of the molecule is C/C=C/c1ccc2c(c1)C(CCCOCCOC)(CCCOCCOC)c1cc(/C=C/C)ccc1-2. The maximum absolute atomic E-state index is 5.86. The molecule has 1 aliphatic rings. The predicted molar refractivity (Wildman–Crippen MR) is 146 cm³/mol. The lowest BCUT2D eigenvalue weighted by Crippen LogP contribution is -2.27. The molecular formula is C31H42O4. The molecule has 0 aliphatic heterocycles. The highest BCUT2D eigenvalue weighted by Gasteiger charge is 2.42. The first-order valence-electron chi connectivity index (χ1n) is 12.9. The molecule has 0 aromatic heterocycles. The normalized spacial score (nSPS) is 14.2. The third-order valence-corrected chi connectivity index (χ3v) is 6.77. The lowest BCUT2D eigenvalue weighted by molar-refractivity contribution is 0.0629. The highest BCUT2D eigenvalue weighted by molar-refractivity contribution is 5.83. The molecule has 0 atom stereocenters. The van der Waals surface area contributed by atoms with Crippen molar-refractivity contribution in [1.29, 1.82) is 0 Å². The zero-order valence-corrected chi connectivity index (χ0v) is 22.0. The van der Waals surface area contributed by atoms with Crippen molar-refractivity contribution < 1.29 is 18.9 Å². The molecule has 0 saturated heterocycles. The van der Waals surface area contributed by atoms with E-state index in [0.717, 1.165) is 38.9 Å². The highest BCUT2D eigenvalue weighted by Crippen LogP contribution is 2.54. The van der Waals surface area contributed by atoms with Crippen molar-refractivity contribution >= 4 is 12.2 Å². The quantitative estimate of drug-likeness (QED) is 0.246. The zero-order valence-electron chi connectivity index (χ0n) is 22.0. The van der Waals surface area contributed by atoms with E-state index >= 15 is 0 Å². The minimum absolute atomic E-state index is 0.0604. The molecule has 190 valence electrons. The van der Waals surface area contributed by atoms with Gasteiger partial charge >= 0.3 is 0 Å². The van der Waals surface area contributed by atoms with Gasteiger partial charge in [0.15, 0.2) is 0 Å². The van der Waals surface area contributed by atoms with Crippen LogP contribution < -0.4 is 0 Å². The fraction of sp³-hybridized carbons (Fsp3) is 0.484. The van der Waals surface area contributed by atoms with E-state index < -0.39 is 0 Å². The van der Waals surface area contributed by atoms with Gasteiger partial charge in [-0.25, -0.2) is 0 Å². The molecule has 0 radical (unpaired) electrons. The van der Waals surface area contributed by atoms with Gasteiger partial charge in [-0.3, -0.25) is 0 Å². The van der Waals surface area contributed by atoms with Crippen molar-refractivity contribution in [3.05, 3.63) is 70.8 Å². The molecule has 3 rings (SSSR count). The van der Waals surface area contributed by atoms with Crippen LogP contribution in [0.3, 0.4) is 0 Å². The lowest BCUT2D eigenvalue weighted by atomic mass is 9.71. The number of benzene rings is 2. The number of methoxy groups -OCH3 is 2. The number of allylic oxidation sites excluding steroid dienone is 2. The summed E-state index contributed by atoms with van der Waals surface area (Å²) >= 11 is 0. The Morgan fingerprint density at radius 2 is 1.09 bits per heavy atom. The Labute approximate surface area is 211 Å². The van der Waals surface area contributed by atoms with Crippen LogP contribution in [0.25, 0.3) is 23.3 Å². The van der Waals surface area contributed by atoms with Gasteiger partial charge in [0.1, 0.15) is 0 Å². The van der Waals surface area contributed by atoms with E-state index in [9.17, 15) is 0 Å². The van der Waals surface area contributed by atoms with Gasteiger partial charge in [-0.15, -0.1) is 0 Å². The molecule has 4 heteroatoms. The van der Waals surface area contributed by atoms with Crippen molar-refractivity contribution in [2.75, 3.05) is 53.9 Å². The number of ether oxygens (including phenoxy) is 4. The number of rotatable bonds is 16. The molecule has 0 N–H and O–H groups in total. The van der Waals surface area contributed by atoms with Crippen LogP contribution in [0.1, 0.15) is 61.8 Å². The molecule has 0 amide bonds. The Kier molecular flexibility index (Phi) is 11.2. The molecule has 0 fully saturated rings. The molecular weight excluding hydrogens is 436 g/mol. The van der Waals surface area contributed by atoms with Gasteiger partial charge in [0, 0.05) is 32.8 Å². The summed E-state index contributed by atoms with van der Waals surface area (Å²) in [6, 6.07) is 13.9. The summed E-state index contributed by atoms with van der Waals surface area (Å²) < 4.78 is 22.0. The largest absolute Gasteiger partial charge is 0.382 e. The molecule has 4 nitrogen and oxygen atoms in total. The van der Waals surface area contributed by atoms with Crippen LogP contribution in [0.5, 0.6) is 0 Å². The van der Waals surface area contributed by atoms with Gasteiger partial charge in [-0.2, -0.15) is 0 Å². The van der Waals surface area contributed by atoms with Crippen molar-refractivity contribution in [2.45, 2.75) is 44.9 Å². The summed E-state index contributed by atoms with van der Waals surface area (Å²) in [5.74, 6) is 0. The Balaban J connectivity index is 1.97. The molecule has 2 aromatic rings. The van der Waals surface area contributed by atoms with Gasteiger partial charge in [0.05, 0.1) is 26.4 Å². The summed E-state index contributed by atoms with van der Waals surface area (Å²) in [5, 5.41) is 0. The van der Waals surface area contributed by atoms with Crippen molar-refractivity contribution in [3.8, 4) is 11.1 Å². The van der Waals surface area contributed by atoms with E-state index in [0.29, 0.717) is 26.4 Å². The standard InChI is InChI=1S/C31H42O4/c1-5-9-25-11-13-27-28-14-12-26(10-6-2)24-30(28)31(29(27)23-25,15-7-17-34-21-19-32-3)16-8-18-35-22-20-33-4/h5-6,9-14,23-24H,7-8,15-22H2,1-4H3/b9-5+,10-6+. The second kappa shape index (κ2) is 14.4. The number of fused-ring (bicyclic) bond motifs is 3. The highest BCUT2D eigenvalue weighted by atomic mass is 16.5. The van der Waals surface area contributed by atoms with E-state index in [4.69, 9.17) is 18.9 Å². The zero-order chi connectivity index (χ0) is 24.9. The van der Waals surface area contributed by atoms with E-state index in [1.165, 1.54) is 33.4 Å². The molecule has 2 aromatic carbocycles. The molecule has 0 heterocycles. The van der Waals surface area contributed by atoms with Crippen LogP contribution in [0.15, 0.2) is 48.6 Å². The summed E-state index contributed by atoms with van der Waals surface area (Å²) in [4.78, 5) is 0. The fourth-order valence-corrected chi connectivity index (χ4v) is 5.23. The average Bonchev–Trinajstić information content (AvgIpc) is 3.13. The van der Waals surface area contributed by atoms with Gasteiger partial charge in [-0.1, -0.05) is 60.7 Å². The molecule has 0 saturated carbocycles. The summed E-state index contributed by atoms with van der Waals surface area (Å²) in [7, 11) is 3.42. The maximum atomic E-state index is 5.86. The minimum atomic E-state index is -0.0604. The number of hydrogen-bond acceptors (Lipinski definition) is 4. The Morgan fingerprint density at radius 3 is 1.49 bits per heavy atom. The summed E-state index contributed by atoms with van der Waals surface area (Å²) in [6.07, 6.45) is 12.7. The lowest BCUT2D eigenvalue weighted by Gasteiger charge is -2.33. The average molecular weight is 479 g/mol. The predicted octanol–water partition coefficient (Wildman–Crippen LogP) is 6.91. The summed E-state index contributed by atoms with van der Waals surface area (Å²) in [6.45, 7) is 8.18. The van der Waals surface area contributed by atoms with Gasteiger partial charge < -0.3 is 18.9 Å². The van der Waals surface area contributed by atoms with Gasteiger partial charge in [-0.05, 0) is 72.9 Å². The van der Waals surface area contributed by atoms with Crippen LogP contribution in [0, 0.1) is 0 Å². The first-order chi connectivity index (χ1) is 17.2. The first kappa shape index (κ1) is 27.3. The van der Waals surface area contributed by atoms with Crippen LogP contribution in [-0.4, -0.2) is 53.9 Å². The topological polar surface area (TPSA) is 36.9 Å². The van der Waals surface area contributed by atoms with Crippen LogP contribution in [0.2, 0.25) is 0 Å².